The van der Waals surface area contributed by atoms with Gasteiger partial charge in [-0.15, -0.1) is 0 Å². The molecule has 0 unspecified atom stereocenters. The van der Waals surface area contributed by atoms with Crippen molar-refractivity contribution in [1.82, 2.24) is 14.5 Å². The van der Waals surface area contributed by atoms with Crippen molar-refractivity contribution in [2.45, 2.75) is 39.2 Å². The van der Waals surface area contributed by atoms with E-state index in [4.69, 9.17) is 0 Å². The number of hydrogen-bond donors (Lipinski definition) is 1. The zero-order valence-corrected chi connectivity index (χ0v) is 10.6. The minimum absolute atomic E-state index is 0.0569. The van der Waals surface area contributed by atoms with E-state index >= 15 is 0 Å². The van der Waals surface area contributed by atoms with Crippen LogP contribution in [0.5, 0.6) is 0 Å². The van der Waals surface area contributed by atoms with Crippen molar-refractivity contribution in [1.29, 1.82) is 0 Å². The first-order valence-electron chi connectivity index (χ1n) is 6.16. The number of rotatable bonds is 0. The molecule has 4 nitrogen and oxygen atoms in total. The molecular formula is C13H18N4. The van der Waals surface area contributed by atoms with Crippen LogP contribution in [0.4, 0.5) is 5.82 Å². The van der Waals surface area contributed by atoms with Crippen molar-refractivity contribution in [3.63, 3.8) is 0 Å². The molecule has 0 aliphatic carbocycles. The molecule has 0 spiro atoms. The Labute approximate surface area is 101 Å². The molecule has 1 aliphatic rings. The van der Waals surface area contributed by atoms with Crippen molar-refractivity contribution in [2.24, 2.45) is 0 Å². The normalized spacial score (nSPS) is 15.7. The molecule has 0 amide bonds. The molecular weight excluding hydrogens is 212 g/mol. The van der Waals surface area contributed by atoms with Crippen LogP contribution in [0.2, 0.25) is 0 Å². The third kappa shape index (κ3) is 1.59. The van der Waals surface area contributed by atoms with E-state index in [1.54, 1.807) is 6.33 Å². The van der Waals surface area contributed by atoms with E-state index in [0.717, 1.165) is 30.9 Å². The molecule has 17 heavy (non-hydrogen) atoms. The molecule has 0 saturated heterocycles. The average molecular weight is 230 g/mol. The summed E-state index contributed by atoms with van der Waals surface area (Å²) < 4.78 is 2.26. The summed E-state index contributed by atoms with van der Waals surface area (Å²) >= 11 is 0. The van der Waals surface area contributed by atoms with Gasteiger partial charge >= 0.3 is 0 Å². The predicted octanol–water partition coefficient (Wildman–Crippen LogP) is 2.54. The number of aromatic nitrogens is 3. The quantitative estimate of drug-likeness (QED) is 0.756. The van der Waals surface area contributed by atoms with Gasteiger partial charge in [0.2, 0.25) is 0 Å². The third-order valence-corrected chi connectivity index (χ3v) is 3.30. The van der Waals surface area contributed by atoms with Gasteiger partial charge in [0.05, 0.1) is 5.39 Å². The maximum atomic E-state index is 4.46. The first-order valence-corrected chi connectivity index (χ1v) is 6.16. The molecule has 0 saturated carbocycles. The Kier molecular flexibility index (Phi) is 2.15. The second kappa shape index (κ2) is 3.45. The van der Waals surface area contributed by atoms with Gasteiger partial charge in [-0.3, -0.25) is 0 Å². The summed E-state index contributed by atoms with van der Waals surface area (Å²) in [4.78, 5) is 8.82. The van der Waals surface area contributed by atoms with Crippen LogP contribution in [0.3, 0.4) is 0 Å². The minimum atomic E-state index is 0.0569. The lowest BCUT2D eigenvalue weighted by atomic mass is 10.1. The molecule has 0 fully saturated rings. The van der Waals surface area contributed by atoms with E-state index < -0.39 is 0 Å². The largest absolute Gasteiger partial charge is 0.369 e. The molecule has 0 bridgehead atoms. The highest BCUT2D eigenvalue weighted by Gasteiger charge is 2.22. The summed E-state index contributed by atoms with van der Waals surface area (Å²) in [6.45, 7) is 7.61. The van der Waals surface area contributed by atoms with Gasteiger partial charge in [-0.05, 0) is 39.2 Å². The van der Waals surface area contributed by atoms with Crippen LogP contribution >= 0.6 is 0 Å². The minimum Gasteiger partial charge on any atom is -0.369 e. The monoisotopic (exact) mass is 230 g/mol. The van der Waals surface area contributed by atoms with E-state index in [1.807, 2.05) is 0 Å². The summed E-state index contributed by atoms with van der Waals surface area (Å²) in [5.74, 6) is 0.991. The second-order valence-corrected chi connectivity index (χ2v) is 5.65. The first-order chi connectivity index (χ1) is 8.07. The highest BCUT2D eigenvalue weighted by atomic mass is 15.1. The molecule has 90 valence electrons. The van der Waals surface area contributed by atoms with Crippen molar-refractivity contribution in [3.8, 4) is 0 Å². The molecule has 3 rings (SSSR count). The zero-order chi connectivity index (χ0) is 12.0. The first kappa shape index (κ1) is 10.6. The van der Waals surface area contributed by atoms with Crippen molar-refractivity contribution >= 4 is 16.9 Å². The number of hydrogen-bond acceptors (Lipinski definition) is 3. The van der Waals surface area contributed by atoms with Crippen LogP contribution in [0.25, 0.3) is 11.0 Å². The molecule has 1 aliphatic heterocycles. The lowest BCUT2D eigenvalue weighted by Gasteiger charge is -2.22. The lowest BCUT2D eigenvalue weighted by molar-refractivity contribution is 0.407. The fourth-order valence-corrected chi connectivity index (χ4v) is 2.46. The molecule has 1 N–H and O–H groups in total. The summed E-state index contributed by atoms with van der Waals surface area (Å²) in [5, 5.41) is 4.60. The molecule has 0 atom stereocenters. The van der Waals surface area contributed by atoms with Crippen molar-refractivity contribution in [2.75, 3.05) is 11.9 Å². The van der Waals surface area contributed by atoms with Gasteiger partial charge < -0.3 is 9.88 Å². The topological polar surface area (TPSA) is 42.7 Å². The van der Waals surface area contributed by atoms with Crippen LogP contribution in [0.15, 0.2) is 12.5 Å². The van der Waals surface area contributed by atoms with Crippen LogP contribution in [0.1, 0.15) is 32.8 Å². The van der Waals surface area contributed by atoms with Gasteiger partial charge in [0.25, 0.3) is 0 Å². The Morgan fingerprint density at radius 2 is 2.12 bits per heavy atom. The summed E-state index contributed by atoms with van der Waals surface area (Å²) in [6, 6.07) is 0. The van der Waals surface area contributed by atoms with Crippen molar-refractivity contribution < 1.29 is 0 Å². The molecule has 3 heterocycles. The predicted molar refractivity (Wildman–Crippen MR) is 69.3 cm³/mol. The second-order valence-electron chi connectivity index (χ2n) is 5.65. The van der Waals surface area contributed by atoms with E-state index in [-0.39, 0.29) is 5.54 Å². The Morgan fingerprint density at radius 1 is 1.29 bits per heavy atom. The summed E-state index contributed by atoms with van der Waals surface area (Å²) in [5.41, 5.74) is 2.48. The Morgan fingerprint density at radius 3 is 2.88 bits per heavy atom. The van der Waals surface area contributed by atoms with E-state index in [9.17, 15) is 0 Å². The fourth-order valence-electron chi connectivity index (χ4n) is 2.46. The fraction of sp³-hybridized carbons (Fsp3) is 0.538. The summed E-state index contributed by atoms with van der Waals surface area (Å²) in [7, 11) is 0. The van der Waals surface area contributed by atoms with E-state index in [0.29, 0.717) is 0 Å². The maximum Gasteiger partial charge on any atom is 0.146 e. The molecule has 2 aromatic heterocycles. The van der Waals surface area contributed by atoms with Crippen LogP contribution in [-0.4, -0.2) is 21.1 Å². The molecule has 0 radical (unpaired) electrons. The van der Waals surface area contributed by atoms with Crippen LogP contribution < -0.4 is 5.32 Å². The van der Waals surface area contributed by atoms with Gasteiger partial charge in [0, 0.05) is 18.3 Å². The Bertz CT molecular complexity index is 563. The summed E-state index contributed by atoms with van der Waals surface area (Å²) in [6.07, 6.45) is 6.16. The van der Waals surface area contributed by atoms with Crippen LogP contribution in [0, 0.1) is 0 Å². The molecule has 2 aromatic rings. The smallest absolute Gasteiger partial charge is 0.146 e. The standard InChI is InChI=1S/C13H18N4/c1-13(2,3)17-7-9-5-4-6-14-11-10(9)12(17)16-8-15-11/h7-8H,4-6H2,1-3H3,(H,14,15,16). The van der Waals surface area contributed by atoms with Gasteiger partial charge in [-0.25, -0.2) is 9.97 Å². The number of nitrogens with zero attached hydrogens (tertiary/aromatic N) is 3. The van der Waals surface area contributed by atoms with E-state index in [2.05, 4.69) is 46.8 Å². The van der Waals surface area contributed by atoms with Gasteiger partial charge in [-0.1, -0.05) is 0 Å². The molecule has 0 aromatic carbocycles. The average Bonchev–Trinajstić information content (AvgIpc) is 2.51. The Hall–Kier alpha value is -1.58. The van der Waals surface area contributed by atoms with Crippen LogP contribution in [-0.2, 0) is 12.0 Å². The molecule has 4 heteroatoms. The maximum absolute atomic E-state index is 4.46. The van der Waals surface area contributed by atoms with Gasteiger partial charge in [-0.2, -0.15) is 0 Å². The third-order valence-electron chi connectivity index (χ3n) is 3.30. The highest BCUT2D eigenvalue weighted by Crippen LogP contribution is 2.32. The number of aryl methyl sites for hydroxylation is 1. The zero-order valence-electron chi connectivity index (χ0n) is 10.6. The highest BCUT2D eigenvalue weighted by molar-refractivity contribution is 5.91. The van der Waals surface area contributed by atoms with Gasteiger partial charge in [0.15, 0.2) is 0 Å². The van der Waals surface area contributed by atoms with Crippen molar-refractivity contribution in [3.05, 3.63) is 18.1 Å². The lowest BCUT2D eigenvalue weighted by Crippen LogP contribution is -2.21. The SMILES string of the molecule is CC(C)(C)n1cc2c3c(ncnc31)NCCC2. The Balaban J connectivity index is 2.35. The van der Waals surface area contributed by atoms with E-state index in [1.165, 1.54) is 10.9 Å². The number of nitrogens with one attached hydrogen (secondary N) is 1. The number of anilines is 1. The van der Waals surface area contributed by atoms with Gasteiger partial charge in [0.1, 0.15) is 17.8 Å².